The Hall–Kier alpha value is -3.69. The number of alkyl halides is 2. The van der Waals surface area contributed by atoms with Crippen LogP contribution in [0.1, 0.15) is 48.4 Å². The van der Waals surface area contributed by atoms with E-state index in [4.69, 9.17) is 4.52 Å². The van der Waals surface area contributed by atoms with E-state index in [0.717, 1.165) is 5.56 Å². The van der Waals surface area contributed by atoms with Crippen molar-refractivity contribution in [2.45, 2.75) is 26.3 Å². The average molecular weight is 412 g/mol. The summed E-state index contributed by atoms with van der Waals surface area (Å²) in [7, 11) is 0. The molecule has 3 aromatic heterocycles. The molecular weight excluding hydrogens is 394 g/mol. The number of benzene rings is 1. The summed E-state index contributed by atoms with van der Waals surface area (Å²) in [6.45, 7) is 3.82. The summed E-state index contributed by atoms with van der Waals surface area (Å²) in [5.74, 6) is -0.205. The standard InChI is InChI=1S/C20H18F2N6O2/c1-10(2)15(20-27-17(28-30-20)11-5-7-23-8-6-11)26-19(29)12-3-4-13-14(9-12)25-18(24-13)16(21)22/h3-10,15-16H,1-2H3,(H,24,25)(H,26,29). The fourth-order valence-electron chi connectivity index (χ4n) is 2.99. The molecule has 0 saturated carbocycles. The summed E-state index contributed by atoms with van der Waals surface area (Å²) >= 11 is 0. The van der Waals surface area contributed by atoms with Gasteiger partial charge in [-0.25, -0.2) is 13.8 Å². The van der Waals surface area contributed by atoms with Crippen molar-refractivity contribution in [3.05, 3.63) is 60.0 Å². The minimum atomic E-state index is -2.72. The number of nitrogens with zero attached hydrogens (tertiary/aromatic N) is 4. The van der Waals surface area contributed by atoms with Crippen molar-refractivity contribution in [2.24, 2.45) is 5.92 Å². The molecule has 8 nitrogen and oxygen atoms in total. The molecule has 4 rings (SSSR count). The number of rotatable bonds is 6. The van der Waals surface area contributed by atoms with E-state index >= 15 is 0 Å². The van der Waals surface area contributed by atoms with E-state index in [1.807, 2.05) is 13.8 Å². The second-order valence-corrected chi connectivity index (χ2v) is 7.04. The first-order valence-electron chi connectivity index (χ1n) is 9.25. The lowest BCUT2D eigenvalue weighted by molar-refractivity contribution is 0.0914. The third-order valence-corrected chi connectivity index (χ3v) is 4.57. The summed E-state index contributed by atoms with van der Waals surface area (Å²) < 4.78 is 31.1. The summed E-state index contributed by atoms with van der Waals surface area (Å²) in [6, 6.07) is 7.51. The van der Waals surface area contributed by atoms with E-state index in [1.54, 1.807) is 24.5 Å². The quantitative estimate of drug-likeness (QED) is 0.494. The molecule has 0 saturated heterocycles. The third-order valence-electron chi connectivity index (χ3n) is 4.57. The molecule has 0 radical (unpaired) electrons. The number of fused-ring (bicyclic) bond motifs is 1. The van der Waals surface area contributed by atoms with E-state index in [1.165, 1.54) is 18.2 Å². The van der Waals surface area contributed by atoms with Crippen LogP contribution in [-0.2, 0) is 0 Å². The van der Waals surface area contributed by atoms with Gasteiger partial charge in [0.05, 0.1) is 11.0 Å². The second-order valence-electron chi connectivity index (χ2n) is 7.04. The number of nitrogens with one attached hydrogen (secondary N) is 2. The summed E-state index contributed by atoms with van der Waals surface area (Å²) in [5, 5.41) is 6.86. The van der Waals surface area contributed by atoms with Crippen LogP contribution >= 0.6 is 0 Å². The number of pyridine rings is 1. The van der Waals surface area contributed by atoms with Crippen molar-refractivity contribution in [2.75, 3.05) is 0 Å². The van der Waals surface area contributed by atoms with Gasteiger partial charge in [0.15, 0.2) is 5.82 Å². The Morgan fingerprint density at radius 1 is 1.13 bits per heavy atom. The van der Waals surface area contributed by atoms with Crippen molar-refractivity contribution in [1.29, 1.82) is 0 Å². The van der Waals surface area contributed by atoms with Crippen LogP contribution in [0.4, 0.5) is 8.78 Å². The average Bonchev–Trinajstić information content (AvgIpc) is 3.39. The van der Waals surface area contributed by atoms with Crippen LogP contribution in [0, 0.1) is 5.92 Å². The highest BCUT2D eigenvalue weighted by Crippen LogP contribution is 2.25. The molecular formula is C20H18F2N6O2. The molecule has 0 aliphatic heterocycles. The Balaban J connectivity index is 1.57. The minimum absolute atomic E-state index is 0.0407. The number of carbonyl (C=O) groups is 1. The van der Waals surface area contributed by atoms with Gasteiger partial charge in [-0.05, 0) is 36.2 Å². The monoisotopic (exact) mass is 412 g/mol. The maximum absolute atomic E-state index is 12.8. The van der Waals surface area contributed by atoms with Gasteiger partial charge in [-0.1, -0.05) is 19.0 Å². The number of aromatic nitrogens is 5. The predicted octanol–water partition coefficient (Wildman–Crippen LogP) is 4.07. The second kappa shape index (κ2) is 7.97. The van der Waals surface area contributed by atoms with Gasteiger partial charge >= 0.3 is 0 Å². The molecule has 2 N–H and O–H groups in total. The molecule has 1 unspecified atom stereocenters. The van der Waals surface area contributed by atoms with E-state index in [0.29, 0.717) is 22.4 Å². The van der Waals surface area contributed by atoms with Gasteiger partial charge in [0.2, 0.25) is 11.7 Å². The molecule has 10 heteroatoms. The molecule has 1 aromatic carbocycles. The number of carbonyl (C=O) groups excluding carboxylic acids is 1. The Morgan fingerprint density at radius 3 is 2.60 bits per heavy atom. The van der Waals surface area contributed by atoms with Gasteiger partial charge < -0.3 is 14.8 Å². The van der Waals surface area contributed by atoms with Crippen molar-refractivity contribution in [3.8, 4) is 11.4 Å². The van der Waals surface area contributed by atoms with Crippen LogP contribution in [0.25, 0.3) is 22.4 Å². The topological polar surface area (TPSA) is 110 Å². The highest BCUT2D eigenvalue weighted by atomic mass is 19.3. The van der Waals surface area contributed by atoms with Crippen LogP contribution in [0.3, 0.4) is 0 Å². The van der Waals surface area contributed by atoms with Gasteiger partial charge in [0.1, 0.15) is 6.04 Å². The van der Waals surface area contributed by atoms with Crippen molar-refractivity contribution >= 4 is 16.9 Å². The molecule has 3 heterocycles. The van der Waals surface area contributed by atoms with Gasteiger partial charge in [-0.2, -0.15) is 4.98 Å². The first-order chi connectivity index (χ1) is 14.4. The summed E-state index contributed by atoms with van der Waals surface area (Å²) in [5.41, 5.74) is 1.76. The Morgan fingerprint density at radius 2 is 1.90 bits per heavy atom. The largest absolute Gasteiger partial charge is 0.340 e. The number of H-pyrrole nitrogens is 1. The zero-order chi connectivity index (χ0) is 21.3. The third kappa shape index (κ3) is 3.88. The zero-order valence-electron chi connectivity index (χ0n) is 16.1. The maximum atomic E-state index is 12.8. The number of hydrogen-bond donors (Lipinski definition) is 2. The number of aromatic amines is 1. The number of amides is 1. The molecule has 30 heavy (non-hydrogen) atoms. The maximum Gasteiger partial charge on any atom is 0.295 e. The van der Waals surface area contributed by atoms with Gasteiger partial charge in [0.25, 0.3) is 12.3 Å². The SMILES string of the molecule is CC(C)C(NC(=O)c1ccc2nc(C(F)F)[nH]c2c1)c1nc(-c2ccncc2)no1. The van der Waals surface area contributed by atoms with Crippen molar-refractivity contribution in [3.63, 3.8) is 0 Å². The lowest BCUT2D eigenvalue weighted by Crippen LogP contribution is -2.32. The number of halogens is 2. The molecule has 154 valence electrons. The lowest BCUT2D eigenvalue weighted by atomic mass is 10.0. The van der Waals surface area contributed by atoms with E-state index in [2.05, 4.69) is 30.4 Å². The highest BCUT2D eigenvalue weighted by Gasteiger charge is 2.25. The van der Waals surface area contributed by atoms with Crippen LogP contribution in [0.15, 0.2) is 47.2 Å². The Labute approximate surface area is 169 Å². The van der Waals surface area contributed by atoms with Crippen LogP contribution in [0.2, 0.25) is 0 Å². The molecule has 4 aromatic rings. The summed E-state index contributed by atoms with van der Waals surface area (Å²) in [6.07, 6.45) is 0.531. The Bertz CT molecular complexity index is 1170. The molecule has 0 aliphatic carbocycles. The molecule has 0 fully saturated rings. The van der Waals surface area contributed by atoms with Crippen LogP contribution < -0.4 is 5.32 Å². The number of imidazole rings is 1. The fraction of sp³-hybridized carbons (Fsp3) is 0.250. The molecule has 0 aliphatic rings. The fourth-order valence-corrected chi connectivity index (χ4v) is 2.99. The first-order valence-corrected chi connectivity index (χ1v) is 9.25. The normalized spacial score (nSPS) is 12.6. The van der Waals surface area contributed by atoms with E-state index in [-0.39, 0.29) is 11.8 Å². The molecule has 1 amide bonds. The smallest absolute Gasteiger partial charge is 0.295 e. The predicted molar refractivity (Wildman–Crippen MR) is 104 cm³/mol. The molecule has 0 spiro atoms. The molecule has 1 atom stereocenters. The minimum Gasteiger partial charge on any atom is -0.340 e. The van der Waals surface area contributed by atoms with E-state index in [9.17, 15) is 13.6 Å². The van der Waals surface area contributed by atoms with Crippen LogP contribution in [0.5, 0.6) is 0 Å². The van der Waals surface area contributed by atoms with Crippen LogP contribution in [-0.4, -0.2) is 31.0 Å². The Kier molecular flexibility index (Phi) is 5.21. The first kappa shape index (κ1) is 19.6. The number of hydrogen-bond acceptors (Lipinski definition) is 6. The van der Waals surface area contributed by atoms with Crippen molar-refractivity contribution < 1.29 is 18.1 Å². The lowest BCUT2D eigenvalue weighted by Gasteiger charge is -2.18. The zero-order valence-corrected chi connectivity index (χ0v) is 16.1. The summed E-state index contributed by atoms with van der Waals surface area (Å²) in [4.78, 5) is 27.5. The van der Waals surface area contributed by atoms with E-state index < -0.39 is 24.2 Å². The van der Waals surface area contributed by atoms with Gasteiger partial charge in [0, 0.05) is 23.5 Å². The highest BCUT2D eigenvalue weighted by molar-refractivity contribution is 5.97. The molecule has 0 bridgehead atoms. The van der Waals surface area contributed by atoms with Gasteiger partial charge in [-0.15, -0.1) is 0 Å². The van der Waals surface area contributed by atoms with Crippen molar-refractivity contribution in [1.82, 2.24) is 30.4 Å². The van der Waals surface area contributed by atoms with Gasteiger partial charge in [-0.3, -0.25) is 9.78 Å².